The number of benzene rings is 1. The van der Waals surface area contributed by atoms with Gasteiger partial charge in [0.25, 0.3) is 5.91 Å². The first-order valence-electron chi connectivity index (χ1n) is 7.09. The molecule has 110 valence electrons. The molecule has 3 rings (SSSR count). The van der Waals surface area contributed by atoms with Crippen molar-refractivity contribution in [3.63, 3.8) is 0 Å². The van der Waals surface area contributed by atoms with Gasteiger partial charge in [-0.2, -0.15) is 0 Å². The SMILES string of the molecule is Cc1cc(C(=O)N2CCCC(O)C2)c2ccc(F)cc2n1. The number of piperidine rings is 1. The minimum Gasteiger partial charge on any atom is -0.391 e. The van der Waals surface area contributed by atoms with E-state index < -0.39 is 6.10 Å². The summed E-state index contributed by atoms with van der Waals surface area (Å²) < 4.78 is 13.3. The molecule has 1 fully saturated rings. The van der Waals surface area contributed by atoms with Crippen molar-refractivity contribution in [1.82, 2.24) is 9.88 Å². The summed E-state index contributed by atoms with van der Waals surface area (Å²) >= 11 is 0. The molecule has 0 radical (unpaired) electrons. The number of likely N-dealkylation sites (tertiary alicyclic amines) is 1. The lowest BCUT2D eigenvalue weighted by atomic mass is 10.0. The van der Waals surface area contributed by atoms with Crippen molar-refractivity contribution in [2.24, 2.45) is 0 Å². The zero-order valence-electron chi connectivity index (χ0n) is 11.8. The number of hydrogen-bond donors (Lipinski definition) is 1. The molecule has 1 atom stereocenters. The van der Waals surface area contributed by atoms with Crippen LogP contribution in [-0.4, -0.2) is 40.1 Å². The molecule has 21 heavy (non-hydrogen) atoms. The van der Waals surface area contributed by atoms with Gasteiger partial charge in [-0.1, -0.05) is 0 Å². The van der Waals surface area contributed by atoms with Crippen LogP contribution < -0.4 is 0 Å². The van der Waals surface area contributed by atoms with Crippen LogP contribution in [0.15, 0.2) is 24.3 Å². The zero-order valence-corrected chi connectivity index (χ0v) is 11.8. The maximum atomic E-state index is 13.3. The Bertz CT molecular complexity index is 697. The second kappa shape index (κ2) is 5.41. The highest BCUT2D eigenvalue weighted by Crippen LogP contribution is 2.22. The predicted octanol–water partition coefficient (Wildman–Crippen LogP) is 2.28. The highest BCUT2D eigenvalue weighted by atomic mass is 19.1. The summed E-state index contributed by atoms with van der Waals surface area (Å²) in [5.41, 5.74) is 1.68. The van der Waals surface area contributed by atoms with Gasteiger partial charge < -0.3 is 10.0 Å². The number of aromatic nitrogens is 1. The predicted molar refractivity (Wildman–Crippen MR) is 77.6 cm³/mol. The van der Waals surface area contributed by atoms with Crippen LogP contribution in [0.5, 0.6) is 0 Å². The summed E-state index contributed by atoms with van der Waals surface area (Å²) in [6, 6.07) is 5.99. The van der Waals surface area contributed by atoms with Gasteiger partial charge >= 0.3 is 0 Å². The van der Waals surface area contributed by atoms with Crippen LogP contribution in [0.4, 0.5) is 4.39 Å². The van der Waals surface area contributed by atoms with E-state index in [9.17, 15) is 14.3 Å². The fourth-order valence-corrected chi connectivity index (χ4v) is 2.82. The number of β-amino-alcohol motifs (C(OH)–C–C–N with tert-alkyl or cyclic N) is 1. The van der Waals surface area contributed by atoms with Gasteiger partial charge in [0.2, 0.25) is 0 Å². The molecule has 5 heteroatoms. The van der Waals surface area contributed by atoms with E-state index in [2.05, 4.69) is 4.98 Å². The number of amides is 1. The van der Waals surface area contributed by atoms with Crippen LogP contribution in [0.2, 0.25) is 0 Å². The lowest BCUT2D eigenvalue weighted by molar-refractivity contribution is 0.0475. The van der Waals surface area contributed by atoms with Crippen LogP contribution in [0, 0.1) is 12.7 Å². The Hall–Kier alpha value is -2.01. The van der Waals surface area contributed by atoms with E-state index in [0.717, 1.165) is 12.8 Å². The number of halogens is 1. The van der Waals surface area contributed by atoms with Crippen molar-refractivity contribution in [2.45, 2.75) is 25.9 Å². The van der Waals surface area contributed by atoms with E-state index in [1.807, 2.05) is 0 Å². The lowest BCUT2D eigenvalue weighted by Crippen LogP contribution is -2.42. The molecule has 1 amide bonds. The Labute approximate surface area is 122 Å². The van der Waals surface area contributed by atoms with Gasteiger partial charge in [0.15, 0.2) is 0 Å². The van der Waals surface area contributed by atoms with Gasteiger partial charge in [0.05, 0.1) is 17.2 Å². The van der Waals surface area contributed by atoms with Crippen molar-refractivity contribution in [2.75, 3.05) is 13.1 Å². The van der Waals surface area contributed by atoms with E-state index in [0.29, 0.717) is 35.2 Å². The Morgan fingerprint density at radius 1 is 1.43 bits per heavy atom. The molecule has 4 nitrogen and oxygen atoms in total. The van der Waals surface area contributed by atoms with Gasteiger partial charge in [0.1, 0.15) is 5.82 Å². The van der Waals surface area contributed by atoms with Crippen LogP contribution >= 0.6 is 0 Å². The minimum absolute atomic E-state index is 0.129. The molecule has 2 heterocycles. The molecule has 1 unspecified atom stereocenters. The Balaban J connectivity index is 2.04. The maximum absolute atomic E-state index is 13.3. The average molecular weight is 288 g/mol. The third-order valence-corrected chi connectivity index (χ3v) is 3.81. The second-order valence-electron chi connectivity index (χ2n) is 5.52. The fraction of sp³-hybridized carbons (Fsp3) is 0.375. The van der Waals surface area contributed by atoms with Crippen molar-refractivity contribution < 1.29 is 14.3 Å². The van der Waals surface area contributed by atoms with Crippen LogP contribution in [0.3, 0.4) is 0 Å². The third-order valence-electron chi connectivity index (χ3n) is 3.81. The Kier molecular flexibility index (Phi) is 3.59. The molecule has 0 spiro atoms. The van der Waals surface area contributed by atoms with E-state index in [-0.39, 0.29) is 11.7 Å². The Morgan fingerprint density at radius 2 is 2.24 bits per heavy atom. The molecule has 1 aliphatic heterocycles. The number of aliphatic hydroxyl groups excluding tert-OH is 1. The number of carbonyl (C=O) groups excluding carboxylic acids is 1. The van der Waals surface area contributed by atoms with Crippen LogP contribution in [-0.2, 0) is 0 Å². The molecule has 1 N–H and O–H groups in total. The zero-order chi connectivity index (χ0) is 15.0. The summed E-state index contributed by atoms with van der Waals surface area (Å²) in [4.78, 5) is 18.6. The van der Waals surface area contributed by atoms with Crippen LogP contribution in [0.1, 0.15) is 28.9 Å². The molecular formula is C16H17FN2O2. The van der Waals surface area contributed by atoms with Crippen molar-refractivity contribution in [3.05, 3.63) is 41.3 Å². The average Bonchev–Trinajstić information content (AvgIpc) is 2.45. The number of nitrogens with zero attached hydrogens (tertiary/aromatic N) is 2. The lowest BCUT2D eigenvalue weighted by Gasteiger charge is -2.30. The van der Waals surface area contributed by atoms with Crippen molar-refractivity contribution in [1.29, 1.82) is 0 Å². The Morgan fingerprint density at radius 3 is 3.00 bits per heavy atom. The molecule has 2 aromatic rings. The number of fused-ring (bicyclic) bond motifs is 1. The summed E-state index contributed by atoms with van der Waals surface area (Å²) in [6.07, 6.45) is 1.06. The number of pyridine rings is 1. The van der Waals surface area contributed by atoms with Gasteiger partial charge in [-0.15, -0.1) is 0 Å². The van der Waals surface area contributed by atoms with Gasteiger partial charge in [0, 0.05) is 30.2 Å². The first kappa shape index (κ1) is 13.9. The topological polar surface area (TPSA) is 53.4 Å². The van der Waals surface area contributed by atoms with Gasteiger partial charge in [-0.05, 0) is 38.0 Å². The monoisotopic (exact) mass is 288 g/mol. The highest BCUT2D eigenvalue weighted by molar-refractivity contribution is 6.06. The number of rotatable bonds is 1. The smallest absolute Gasteiger partial charge is 0.254 e. The van der Waals surface area contributed by atoms with Crippen molar-refractivity contribution in [3.8, 4) is 0 Å². The minimum atomic E-state index is -0.464. The first-order chi connectivity index (χ1) is 10.0. The van der Waals surface area contributed by atoms with E-state index in [4.69, 9.17) is 0 Å². The largest absolute Gasteiger partial charge is 0.391 e. The van der Waals surface area contributed by atoms with Gasteiger partial charge in [-0.3, -0.25) is 9.78 Å². The number of carbonyl (C=O) groups is 1. The van der Waals surface area contributed by atoms with Crippen molar-refractivity contribution >= 4 is 16.8 Å². The molecule has 1 aromatic heterocycles. The normalized spacial score (nSPS) is 19.0. The molecule has 1 aliphatic rings. The molecular weight excluding hydrogens is 271 g/mol. The number of hydrogen-bond acceptors (Lipinski definition) is 3. The highest BCUT2D eigenvalue weighted by Gasteiger charge is 2.24. The quantitative estimate of drug-likeness (QED) is 0.876. The fourth-order valence-electron chi connectivity index (χ4n) is 2.82. The molecule has 1 aromatic carbocycles. The second-order valence-corrected chi connectivity index (χ2v) is 5.52. The maximum Gasteiger partial charge on any atom is 0.254 e. The van der Waals surface area contributed by atoms with Gasteiger partial charge in [-0.25, -0.2) is 4.39 Å². The number of aliphatic hydroxyl groups is 1. The third kappa shape index (κ3) is 2.74. The summed E-state index contributed by atoms with van der Waals surface area (Å²) in [6.45, 7) is 2.77. The standard InChI is InChI=1S/C16H17FN2O2/c1-10-7-14(13-5-4-11(17)8-15(13)18-10)16(21)19-6-2-3-12(20)9-19/h4-5,7-8,12,20H,2-3,6,9H2,1H3. The number of aryl methyl sites for hydroxylation is 1. The molecule has 0 bridgehead atoms. The first-order valence-corrected chi connectivity index (χ1v) is 7.09. The van der Waals surface area contributed by atoms with E-state index >= 15 is 0 Å². The van der Waals surface area contributed by atoms with E-state index in [1.165, 1.54) is 12.1 Å². The van der Waals surface area contributed by atoms with Crippen LogP contribution in [0.25, 0.3) is 10.9 Å². The molecule has 0 aliphatic carbocycles. The summed E-state index contributed by atoms with van der Waals surface area (Å²) in [7, 11) is 0. The summed E-state index contributed by atoms with van der Waals surface area (Å²) in [5.74, 6) is -0.497. The summed E-state index contributed by atoms with van der Waals surface area (Å²) in [5, 5.41) is 10.4. The molecule has 1 saturated heterocycles. The van der Waals surface area contributed by atoms with E-state index in [1.54, 1.807) is 24.0 Å². The molecule has 0 saturated carbocycles.